The maximum Gasteiger partial charge on any atom is 0.360 e. The second kappa shape index (κ2) is 8.98. The summed E-state index contributed by atoms with van der Waals surface area (Å²) in [6.07, 6.45) is -1.28. The van der Waals surface area contributed by atoms with Gasteiger partial charge in [0, 0.05) is 27.6 Å². The minimum absolute atomic E-state index is 0.0610. The number of anilines is 1. The quantitative estimate of drug-likeness (QED) is 0.225. The fraction of sp³-hybridized carbons (Fsp3) is 0.0455. The fourth-order valence-corrected chi connectivity index (χ4v) is 3.57. The van der Waals surface area contributed by atoms with Crippen LogP contribution in [-0.4, -0.2) is 27.0 Å². The molecule has 2 N–H and O–H groups in total. The third kappa shape index (κ3) is 4.35. The number of fused-ring (bicyclic) bond motifs is 1. The van der Waals surface area contributed by atoms with Crippen LogP contribution in [0, 0.1) is 10.1 Å². The first-order valence-electron chi connectivity index (χ1n) is 9.38. The summed E-state index contributed by atoms with van der Waals surface area (Å²) in [7, 11) is 0. The maximum atomic E-state index is 13.1. The van der Waals surface area contributed by atoms with Crippen LogP contribution in [0.15, 0.2) is 77.3 Å². The molecular formula is C22H15BrN4O5. The molecule has 1 atom stereocenters. The number of aromatic nitrogens is 2. The van der Waals surface area contributed by atoms with Crippen molar-refractivity contribution < 1.29 is 19.2 Å². The van der Waals surface area contributed by atoms with Crippen molar-refractivity contribution in [3.05, 3.63) is 98.6 Å². The number of para-hydroxylation sites is 1. The molecule has 4 aromatic rings. The highest BCUT2D eigenvalue weighted by atomic mass is 79.9. The van der Waals surface area contributed by atoms with Crippen molar-refractivity contribution in [1.82, 2.24) is 10.2 Å². The molecule has 10 heteroatoms. The molecule has 1 heterocycles. The van der Waals surface area contributed by atoms with E-state index in [2.05, 4.69) is 31.4 Å². The highest BCUT2D eigenvalue weighted by Gasteiger charge is 2.28. The highest BCUT2D eigenvalue weighted by molar-refractivity contribution is 9.10. The molecule has 1 unspecified atom stereocenters. The van der Waals surface area contributed by atoms with E-state index in [1.807, 2.05) is 0 Å². The molecular weight excluding hydrogens is 480 g/mol. The van der Waals surface area contributed by atoms with Crippen LogP contribution in [0.1, 0.15) is 22.2 Å². The van der Waals surface area contributed by atoms with Gasteiger partial charge >= 0.3 is 5.97 Å². The number of nitrogens with one attached hydrogen (secondary N) is 2. The Hall–Kier alpha value is -4.05. The second-order valence-corrected chi connectivity index (χ2v) is 7.58. The molecule has 0 saturated heterocycles. The van der Waals surface area contributed by atoms with E-state index in [-0.39, 0.29) is 11.4 Å². The lowest BCUT2D eigenvalue weighted by Crippen LogP contribution is -2.26. The number of nitro benzene ring substituents is 1. The number of carbonyl (C=O) groups excluding carboxylic acids is 2. The van der Waals surface area contributed by atoms with Gasteiger partial charge in [0.05, 0.1) is 16.1 Å². The van der Waals surface area contributed by atoms with Crippen molar-refractivity contribution >= 4 is 50.1 Å². The Bertz CT molecular complexity index is 1320. The Labute approximate surface area is 189 Å². The molecule has 32 heavy (non-hydrogen) atoms. The van der Waals surface area contributed by atoms with Gasteiger partial charge in [-0.25, -0.2) is 4.79 Å². The van der Waals surface area contributed by atoms with Crippen molar-refractivity contribution in [1.29, 1.82) is 0 Å². The van der Waals surface area contributed by atoms with E-state index in [1.54, 1.807) is 54.6 Å². The summed E-state index contributed by atoms with van der Waals surface area (Å²) in [5, 5.41) is 20.9. The van der Waals surface area contributed by atoms with Crippen LogP contribution in [0.3, 0.4) is 0 Å². The number of rotatable bonds is 6. The first kappa shape index (κ1) is 21.2. The number of amides is 1. The van der Waals surface area contributed by atoms with E-state index < -0.39 is 22.9 Å². The Morgan fingerprint density at radius 2 is 1.78 bits per heavy atom. The summed E-state index contributed by atoms with van der Waals surface area (Å²) in [5.74, 6) is -1.40. The molecule has 4 rings (SSSR count). The number of esters is 1. The SMILES string of the molecule is O=C(OC(C(=O)Nc1ccc([N+](=O)[O-])cc1Br)c1ccccc1)c1n[nH]c2ccccc12. The van der Waals surface area contributed by atoms with Gasteiger partial charge in [0.2, 0.25) is 6.10 Å². The van der Waals surface area contributed by atoms with Gasteiger partial charge in [0.15, 0.2) is 5.69 Å². The zero-order valence-electron chi connectivity index (χ0n) is 16.3. The molecule has 9 nitrogen and oxygen atoms in total. The maximum absolute atomic E-state index is 13.1. The number of aromatic amines is 1. The van der Waals surface area contributed by atoms with Crippen molar-refractivity contribution in [2.24, 2.45) is 0 Å². The average molecular weight is 495 g/mol. The summed E-state index contributed by atoms with van der Waals surface area (Å²) in [6.45, 7) is 0. The van der Waals surface area contributed by atoms with E-state index in [9.17, 15) is 19.7 Å². The lowest BCUT2D eigenvalue weighted by Gasteiger charge is -2.18. The average Bonchev–Trinajstić information content (AvgIpc) is 3.23. The van der Waals surface area contributed by atoms with Gasteiger partial charge in [-0.3, -0.25) is 20.0 Å². The summed E-state index contributed by atoms with van der Waals surface area (Å²) in [6, 6.07) is 19.5. The van der Waals surface area contributed by atoms with Crippen molar-refractivity contribution in [3.8, 4) is 0 Å². The number of nitrogens with zero attached hydrogens (tertiary/aromatic N) is 2. The number of benzene rings is 3. The van der Waals surface area contributed by atoms with Crippen LogP contribution in [0.5, 0.6) is 0 Å². The number of non-ortho nitro benzene ring substituents is 1. The van der Waals surface area contributed by atoms with E-state index in [4.69, 9.17) is 4.74 Å². The summed E-state index contributed by atoms with van der Waals surface area (Å²) < 4.78 is 5.88. The molecule has 1 amide bonds. The normalized spacial score (nSPS) is 11.7. The van der Waals surface area contributed by atoms with Crippen molar-refractivity contribution in [2.75, 3.05) is 5.32 Å². The molecule has 3 aromatic carbocycles. The van der Waals surface area contributed by atoms with Gasteiger partial charge < -0.3 is 10.1 Å². The predicted octanol–water partition coefficient (Wildman–Crippen LogP) is 4.77. The standard InChI is InChI=1S/C22H15BrN4O5/c23-16-12-14(27(30)31)10-11-18(16)24-21(28)20(13-6-2-1-3-7-13)32-22(29)19-15-8-4-5-9-17(15)25-26-19/h1-12,20H,(H,24,28)(H,25,26). The Morgan fingerprint density at radius 3 is 2.50 bits per heavy atom. The predicted molar refractivity (Wildman–Crippen MR) is 120 cm³/mol. The van der Waals surface area contributed by atoms with E-state index >= 15 is 0 Å². The largest absolute Gasteiger partial charge is 0.442 e. The van der Waals surface area contributed by atoms with Crippen LogP contribution < -0.4 is 5.32 Å². The zero-order valence-corrected chi connectivity index (χ0v) is 17.9. The third-order valence-corrected chi connectivity index (χ3v) is 5.31. The lowest BCUT2D eigenvalue weighted by atomic mass is 10.1. The molecule has 0 aliphatic heterocycles. The number of carbonyl (C=O) groups is 2. The lowest BCUT2D eigenvalue weighted by molar-refractivity contribution is -0.384. The molecule has 0 aliphatic rings. The number of hydrogen-bond donors (Lipinski definition) is 2. The summed E-state index contributed by atoms with van der Waals surface area (Å²) >= 11 is 3.22. The Balaban J connectivity index is 1.62. The Morgan fingerprint density at radius 1 is 1.06 bits per heavy atom. The number of ether oxygens (including phenoxy) is 1. The first-order valence-corrected chi connectivity index (χ1v) is 10.2. The van der Waals surface area contributed by atoms with Crippen LogP contribution in [0.25, 0.3) is 10.9 Å². The Kier molecular flexibility index (Phi) is 5.95. The summed E-state index contributed by atoms with van der Waals surface area (Å²) in [4.78, 5) is 36.4. The topological polar surface area (TPSA) is 127 Å². The number of H-pyrrole nitrogens is 1. The van der Waals surface area contributed by atoms with E-state index in [0.29, 0.717) is 26.6 Å². The van der Waals surface area contributed by atoms with Crippen LogP contribution >= 0.6 is 15.9 Å². The van der Waals surface area contributed by atoms with Crippen LogP contribution in [0.2, 0.25) is 0 Å². The molecule has 0 saturated carbocycles. The van der Waals surface area contributed by atoms with E-state index in [0.717, 1.165) is 0 Å². The molecule has 0 aliphatic carbocycles. The minimum atomic E-state index is -1.28. The fourth-order valence-electron chi connectivity index (χ4n) is 3.10. The molecule has 160 valence electrons. The van der Waals surface area contributed by atoms with Crippen LogP contribution in [-0.2, 0) is 9.53 Å². The minimum Gasteiger partial charge on any atom is -0.442 e. The van der Waals surface area contributed by atoms with Crippen molar-refractivity contribution in [2.45, 2.75) is 6.10 Å². The first-order chi connectivity index (χ1) is 15.4. The molecule has 0 radical (unpaired) electrons. The zero-order chi connectivity index (χ0) is 22.7. The van der Waals surface area contributed by atoms with Gasteiger partial charge in [-0.2, -0.15) is 5.10 Å². The third-order valence-electron chi connectivity index (χ3n) is 4.65. The number of hydrogen-bond acceptors (Lipinski definition) is 6. The van der Waals surface area contributed by atoms with Gasteiger partial charge in [0.25, 0.3) is 11.6 Å². The highest BCUT2D eigenvalue weighted by Crippen LogP contribution is 2.29. The number of nitro groups is 1. The smallest absolute Gasteiger partial charge is 0.360 e. The monoisotopic (exact) mass is 494 g/mol. The molecule has 1 aromatic heterocycles. The molecule has 0 fully saturated rings. The molecule has 0 bridgehead atoms. The number of halogens is 1. The van der Waals surface area contributed by atoms with Gasteiger partial charge in [-0.05, 0) is 28.1 Å². The van der Waals surface area contributed by atoms with Crippen LogP contribution in [0.4, 0.5) is 11.4 Å². The summed E-state index contributed by atoms with van der Waals surface area (Å²) in [5.41, 5.74) is 1.34. The molecule has 0 spiro atoms. The van der Waals surface area contributed by atoms with Crippen molar-refractivity contribution in [3.63, 3.8) is 0 Å². The second-order valence-electron chi connectivity index (χ2n) is 6.72. The van der Waals surface area contributed by atoms with Gasteiger partial charge in [-0.15, -0.1) is 0 Å². The van der Waals surface area contributed by atoms with E-state index in [1.165, 1.54) is 18.2 Å². The van der Waals surface area contributed by atoms with Gasteiger partial charge in [0.1, 0.15) is 0 Å². The van der Waals surface area contributed by atoms with Gasteiger partial charge in [-0.1, -0.05) is 48.5 Å².